The maximum absolute atomic E-state index is 12.4. The Morgan fingerprint density at radius 1 is 1.32 bits per heavy atom. The first-order valence-corrected chi connectivity index (χ1v) is 9.49. The third kappa shape index (κ3) is 4.94. The number of rotatable bonds is 6. The molecule has 156 valence electrons. The monoisotopic (exact) mass is 437 g/mol. The highest BCUT2D eigenvalue weighted by Gasteiger charge is 2.26. The summed E-state index contributed by atoms with van der Waals surface area (Å²) >= 11 is 5.77. The number of halogens is 1. The second-order valence-electron chi connectivity index (χ2n) is 6.58. The van der Waals surface area contributed by atoms with E-state index < -0.39 is 10.8 Å². The summed E-state index contributed by atoms with van der Waals surface area (Å²) in [6, 6.07) is 12.5. The maximum atomic E-state index is 12.4. The average molecular weight is 438 g/mol. The number of nitrogens with one attached hydrogen (secondary N) is 1. The van der Waals surface area contributed by atoms with E-state index in [-0.39, 0.29) is 35.1 Å². The van der Waals surface area contributed by atoms with Gasteiger partial charge in [-0.05, 0) is 42.8 Å². The molecule has 1 aliphatic rings. The van der Waals surface area contributed by atoms with Crippen molar-refractivity contribution in [3.05, 3.63) is 74.3 Å². The van der Waals surface area contributed by atoms with Crippen molar-refractivity contribution in [1.82, 2.24) is 5.01 Å². The Hall–Kier alpha value is -4.03. The van der Waals surface area contributed by atoms with Crippen LogP contribution in [-0.4, -0.2) is 34.0 Å². The molecule has 2 aromatic carbocycles. The van der Waals surface area contributed by atoms with E-state index in [2.05, 4.69) is 10.4 Å². The number of hydrogen-bond donors (Lipinski definition) is 1. The predicted molar refractivity (Wildman–Crippen MR) is 116 cm³/mol. The van der Waals surface area contributed by atoms with Gasteiger partial charge in [0.05, 0.1) is 35.2 Å². The van der Waals surface area contributed by atoms with Gasteiger partial charge < -0.3 is 5.32 Å². The van der Waals surface area contributed by atoms with Crippen LogP contribution in [0.25, 0.3) is 6.08 Å². The van der Waals surface area contributed by atoms with E-state index in [1.807, 2.05) is 6.07 Å². The van der Waals surface area contributed by atoms with E-state index in [9.17, 15) is 19.7 Å². The second kappa shape index (κ2) is 9.19. The number of benzene rings is 2. The molecule has 0 atom stereocenters. The average Bonchev–Trinajstić information content (AvgIpc) is 3.01. The number of anilines is 1. The summed E-state index contributed by atoms with van der Waals surface area (Å²) < 4.78 is 0. The van der Waals surface area contributed by atoms with Crippen molar-refractivity contribution in [1.29, 1.82) is 5.26 Å². The fraction of sp³-hybridized carbons (Fsp3) is 0.143. The third-order valence-corrected chi connectivity index (χ3v) is 4.76. The number of carbonyl (C=O) groups is 2. The highest BCUT2D eigenvalue weighted by Crippen LogP contribution is 2.26. The minimum Gasteiger partial charge on any atom is -0.322 e. The molecule has 0 radical (unpaired) electrons. The van der Waals surface area contributed by atoms with E-state index in [4.69, 9.17) is 16.9 Å². The molecule has 0 spiro atoms. The van der Waals surface area contributed by atoms with Gasteiger partial charge in [0.1, 0.15) is 5.02 Å². The van der Waals surface area contributed by atoms with Gasteiger partial charge in [0, 0.05) is 17.3 Å². The first-order valence-electron chi connectivity index (χ1n) is 9.11. The van der Waals surface area contributed by atoms with E-state index in [0.29, 0.717) is 17.0 Å². The Morgan fingerprint density at radius 2 is 2.03 bits per heavy atom. The summed E-state index contributed by atoms with van der Waals surface area (Å²) in [4.78, 5) is 35.1. The van der Waals surface area contributed by atoms with Crippen LogP contribution >= 0.6 is 11.6 Å². The first kappa shape index (κ1) is 21.7. The van der Waals surface area contributed by atoms with Crippen molar-refractivity contribution in [3.8, 4) is 6.07 Å². The number of hydrazone groups is 1. The van der Waals surface area contributed by atoms with E-state index in [0.717, 1.165) is 11.6 Å². The Balaban J connectivity index is 1.72. The molecule has 0 saturated heterocycles. The fourth-order valence-electron chi connectivity index (χ4n) is 2.87. The summed E-state index contributed by atoms with van der Waals surface area (Å²) in [5.41, 5.74) is 1.94. The smallest absolute Gasteiger partial charge is 0.288 e. The van der Waals surface area contributed by atoms with Gasteiger partial charge in [-0.25, -0.2) is 5.01 Å². The Labute approximate surface area is 182 Å². The van der Waals surface area contributed by atoms with E-state index >= 15 is 0 Å². The summed E-state index contributed by atoms with van der Waals surface area (Å²) in [7, 11) is 0. The maximum Gasteiger partial charge on any atom is 0.288 e. The molecule has 2 aromatic rings. The van der Waals surface area contributed by atoms with Crippen LogP contribution in [0.4, 0.5) is 11.4 Å². The topological polar surface area (TPSA) is 129 Å². The van der Waals surface area contributed by atoms with Crippen molar-refractivity contribution in [3.63, 3.8) is 0 Å². The molecule has 2 amide bonds. The predicted octanol–water partition coefficient (Wildman–Crippen LogP) is 4.02. The quantitative estimate of drug-likeness (QED) is 0.414. The molecule has 0 unspecified atom stereocenters. The Bertz CT molecular complexity index is 1170. The first-order chi connectivity index (χ1) is 14.8. The normalized spacial score (nSPS) is 14.4. The van der Waals surface area contributed by atoms with Crippen LogP contribution in [0.2, 0.25) is 5.02 Å². The molecule has 3 rings (SSSR count). The van der Waals surface area contributed by atoms with Gasteiger partial charge in [-0.1, -0.05) is 23.7 Å². The van der Waals surface area contributed by atoms with Crippen molar-refractivity contribution in [2.45, 2.75) is 13.3 Å². The number of amides is 2. The van der Waals surface area contributed by atoms with Crippen molar-refractivity contribution in [2.75, 3.05) is 11.9 Å². The zero-order valence-corrected chi connectivity index (χ0v) is 17.1. The minimum absolute atomic E-state index is 0.0505. The Morgan fingerprint density at radius 3 is 2.68 bits per heavy atom. The van der Waals surface area contributed by atoms with Crippen LogP contribution in [0, 0.1) is 21.4 Å². The van der Waals surface area contributed by atoms with Crippen molar-refractivity contribution < 1.29 is 14.5 Å². The Kier molecular flexibility index (Phi) is 6.43. The summed E-state index contributed by atoms with van der Waals surface area (Å²) in [6.07, 6.45) is 1.88. The number of nitrogens with zero attached hydrogens (tertiary/aromatic N) is 4. The lowest BCUT2D eigenvalue weighted by Crippen LogP contribution is -2.22. The third-order valence-electron chi connectivity index (χ3n) is 4.45. The molecule has 0 bridgehead atoms. The summed E-state index contributed by atoms with van der Waals surface area (Å²) in [5, 5.41) is 27.7. The van der Waals surface area contributed by atoms with Crippen molar-refractivity contribution in [2.24, 2.45) is 5.10 Å². The van der Waals surface area contributed by atoms with Gasteiger partial charge in [-0.2, -0.15) is 10.4 Å². The summed E-state index contributed by atoms with van der Waals surface area (Å²) in [6.45, 7) is 1.95. The highest BCUT2D eigenvalue weighted by atomic mass is 35.5. The molecule has 31 heavy (non-hydrogen) atoms. The number of nitro groups is 1. The molecule has 0 aliphatic carbocycles. The molecule has 0 saturated carbocycles. The standard InChI is InChI=1S/C21H16ClN5O4/c1-13-17(21(29)26(25-13)10-2-9-23)11-14-3-6-16(7-4-14)24-20(28)15-5-8-18(22)19(12-15)27(30)31/h3-8,11-12H,2,10H2,1H3,(H,24,28). The zero-order chi connectivity index (χ0) is 22.5. The van der Waals surface area contributed by atoms with Crippen molar-refractivity contribution >= 4 is 46.6 Å². The van der Waals surface area contributed by atoms with Crippen LogP contribution in [0.5, 0.6) is 0 Å². The molecule has 10 heteroatoms. The van der Waals surface area contributed by atoms with Gasteiger partial charge in [-0.3, -0.25) is 19.7 Å². The van der Waals surface area contributed by atoms with Gasteiger partial charge in [-0.15, -0.1) is 0 Å². The lowest BCUT2D eigenvalue weighted by Gasteiger charge is -2.08. The number of nitro benzene ring substituents is 1. The second-order valence-corrected chi connectivity index (χ2v) is 6.99. The van der Waals surface area contributed by atoms with Gasteiger partial charge in [0.25, 0.3) is 17.5 Å². The molecule has 1 aliphatic heterocycles. The molecule has 1 N–H and O–H groups in total. The SMILES string of the molecule is CC1=NN(CCC#N)C(=O)C1=Cc1ccc(NC(=O)c2ccc(Cl)c([N+](=O)[O-])c2)cc1. The van der Waals surface area contributed by atoms with Gasteiger partial charge in [0.2, 0.25) is 0 Å². The molecule has 0 fully saturated rings. The lowest BCUT2D eigenvalue weighted by molar-refractivity contribution is -0.384. The van der Waals surface area contributed by atoms with Crippen LogP contribution in [0.1, 0.15) is 29.3 Å². The molecule has 0 aromatic heterocycles. The number of nitriles is 1. The minimum atomic E-state index is -0.654. The van der Waals surface area contributed by atoms with Crippen LogP contribution in [0.15, 0.2) is 53.1 Å². The van der Waals surface area contributed by atoms with Crippen LogP contribution < -0.4 is 5.32 Å². The molecule has 1 heterocycles. The number of carbonyl (C=O) groups excluding carboxylic acids is 2. The van der Waals surface area contributed by atoms with E-state index in [1.165, 1.54) is 17.1 Å². The lowest BCUT2D eigenvalue weighted by atomic mass is 10.1. The van der Waals surface area contributed by atoms with Crippen LogP contribution in [0.3, 0.4) is 0 Å². The van der Waals surface area contributed by atoms with Gasteiger partial charge >= 0.3 is 0 Å². The molecule has 9 nitrogen and oxygen atoms in total. The van der Waals surface area contributed by atoms with Gasteiger partial charge in [0.15, 0.2) is 0 Å². The zero-order valence-electron chi connectivity index (χ0n) is 16.3. The molecular formula is C21H16ClN5O4. The largest absolute Gasteiger partial charge is 0.322 e. The fourth-order valence-corrected chi connectivity index (χ4v) is 3.06. The number of hydrogen-bond acceptors (Lipinski definition) is 6. The highest BCUT2D eigenvalue weighted by molar-refractivity contribution is 6.32. The van der Waals surface area contributed by atoms with Crippen LogP contribution in [-0.2, 0) is 4.79 Å². The molecular weight excluding hydrogens is 422 g/mol. The van der Waals surface area contributed by atoms with E-state index in [1.54, 1.807) is 37.3 Å². The summed E-state index contributed by atoms with van der Waals surface area (Å²) in [5.74, 6) is -0.789.